The van der Waals surface area contributed by atoms with Crippen molar-refractivity contribution in [3.63, 3.8) is 0 Å². The van der Waals surface area contributed by atoms with Crippen LogP contribution < -0.4 is 5.56 Å². The van der Waals surface area contributed by atoms with Gasteiger partial charge in [0.25, 0.3) is 5.56 Å². The molecule has 1 saturated carbocycles. The molecule has 1 fully saturated rings. The van der Waals surface area contributed by atoms with Crippen LogP contribution in [0.2, 0.25) is 10.2 Å². The van der Waals surface area contributed by atoms with Crippen molar-refractivity contribution in [2.24, 2.45) is 0 Å². The van der Waals surface area contributed by atoms with Crippen LogP contribution in [0.3, 0.4) is 0 Å². The summed E-state index contributed by atoms with van der Waals surface area (Å²) in [7, 11) is 0. The van der Waals surface area contributed by atoms with E-state index in [1.165, 1.54) is 28.8 Å². The maximum Gasteiger partial charge on any atom is 0.255 e. The van der Waals surface area contributed by atoms with Crippen LogP contribution in [0.15, 0.2) is 29.1 Å². The molecule has 0 atom stereocenters. The van der Waals surface area contributed by atoms with Crippen LogP contribution in [0, 0.1) is 5.82 Å². The number of nitrogens with zero attached hydrogens (tertiary/aromatic N) is 2. The Kier molecular flexibility index (Phi) is 3.52. The van der Waals surface area contributed by atoms with Gasteiger partial charge in [-0.1, -0.05) is 23.2 Å². The van der Waals surface area contributed by atoms with Gasteiger partial charge in [-0.05, 0) is 31.0 Å². The van der Waals surface area contributed by atoms with E-state index in [1.807, 2.05) is 0 Å². The lowest BCUT2D eigenvalue weighted by molar-refractivity contribution is 0.584. The van der Waals surface area contributed by atoms with Gasteiger partial charge in [0.1, 0.15) is 16.8 Å². The number of hydrogen-bond acceptors (Lipinski definition) is 2. The average molecular weight is 313 g/mol. The fraction of sp³-hybridized carbons (Fsp3) is 0.286. The number of halogens is 3. The smallest absolute Gasteiger partial charge is 0.255 e. The Morgan fingerprint density at radius 2 is 2.05 bits per heavy atom. The van der Waals surface area contributed by atoms with Crippen molar-refractivity contribution < 1.29 is 4.39 Å². The fourth-order valence-electron chi connectivity index (χ4n) is 2.14. The monoisotopic (exact) mass is 312 g/mol. The summed E-state index contributed by atoms with van der Waals surface area (Å²) in [4.78, 5) is 16.3. The number of benzene rings is 1. The van der Waals surface area contributed by atoms with Crippen LogP contribution in [-0.2, 0) is 6.54 Å². The van der Waals surface area contributed by atoms with Crippen molar-refractivity contribution >= 4 is 23.2 Å². The second-order valence-electron chi connectivity index (χ2n) is 4.87. The lowest BCUT2D eigenvalue weighted by Gasteiger charge is -2.12. The first-order chi connectivity index (χ1) is 9.54. The molecule has 20 heavy (non-hydrogen) atoms. The van der Waals surface area contributed by atoms with Gasteiger partial charge in [-0.3, -0.25) is 9.36 Å². The van der Waals surface area contributed by atoms with Crippen LogP contribution in [0.25, 0.3) is 0 Å². The molecule has 0 bridgehead atoms. The summed E-state index contributed by atoms with van der Waals surface area (Å²) in [5.41, 5.74) is 0.0943. The molecule has 1 aliphatic rings. The molecule has 0 saturated heterocycles. The van der Waals surface area contributed by atoms with Gasteiger partial charge in [0.05, 0.1) is 6.54 Å². The fourth-order valence-corrected chi connectivity index (χ4v) is 2.52. The predicted molar refractivity (Wildman–Crippen MR) is 76.0 cm³/mol. The van der Waals surface area contributed by atoms with Gasteiger partial charge in [-0.2, -0.15) is 0 Å². The van der Waals surface area contributed by atoms with Gasteiger partial charge < -0.3 is 0 Å². The highest BCUT2D eigenvalue weighted by Crippen LogP contribution is 2.39. The Morgan fingerprint density at radius 3 is 2.75 bits per heavy atom. The molecular weight excluding hydrogens is 302 g/mol. The van der Waals surface area contributed by atoms with E-state index < -0.39 is 5.82 Å². The maximum atomic E-state index is 13.8. The number of hydrogen-bond donors (Lipinski definition) is 0. The molecule has 3 nitrogen and oxygen atoms in total. The molecule has 6 heteroatoms. The molecular formula is C14H11Cl2FN2O. The molecule has 0 spiro atoms. The van der Waals surface area contributed by atoms with E-state index in [0.29, 0.717) is 16.4 Å². The van der Waals surface area contributed by atoms with Crippen molar-refractivity contribution in [1.29, 1.82) is 0 Å². The van der Waals surface area contributed by atoms with Crippen LogP contribution in [-0.4, -0.2) is 9.55 Å². The predicted octanol–water partition coefficient (Wildman–Crippen LogP) is 3.61. The third kappa shape index (κ3) is 2.72. The highest BCUT2D eigenvalue weighted by molar-refractivity contribution is 6.30. The average Bonchev–Trinajstić information content (AvgIpc) is 3.20. The second-order valence-corrected chi connectivity index (χ2v) is 5.70. The molecule has 0 N–H and O–H groups in total. The molecule has 0 aliphatic heterocycles. The zero-order chi connectivity index (χ0) is 14.3. The summed E-state index contributed by atoms with van der Waals surface area (Å²) in [5, 5.41) is 0.615. The molecule has 1 heterocycles. The van der Waals surface area contributed by atoms with E-state index >= 15 is 0 Å². The van der Waals surface area contributed by atoms with Crippen molar-refractivity contribution in [2.45, 2.75) is 25.3 Å². The van der Waals surface area contributed by atoms with Gasteiger partial charge >= 0.3 is 0 Å². The highest BCUT2D eigenvalue weighted by Gasteiger charge is 2.29. The van der Waals surface area contributed by atoms with Crippen LogP contribution in [0.4, 0.5) is 4.39 Å². The largest absolute Gasteiger partial charge is 0.292 e. The van der Waals surface area contributed by atoms with Crippen LogP contribution >= 0.6 is 23.2 Å². The highest BCUT2D eigenvalue weighted by atomic mass is 35.5. The molecule has 0 unspecified atom stereocenters. The molecule has 3 rings (SSSR count). The van der Waals surface area contributed by atoms with Crippen LogP contribution in [0.1, 0.15) is 30.1 Å². The normalized spacial score (nSPS) is 14.6. The second kappa shape index (κ2) is 5.19. The Labute approximate surface area is 125 Å². The Balaban J connectivity index is 2.06. The Bertz CT molecular complexity index is 726. The summed E-state index contributed by atoms with van der Waals surface area (Å²) in [6.07, 6.45) is 1.95. The van der Waals surface area contributed by atoms with Crippen molar-refractivity contribution in [1.82, 2.24) is 9.55 Å². The van der Waals surface area contributed by atoms with E-state index in [0.717, 1.165) is 12.8 Å². The minimum atomic E-state index is -0.391. The van der Waals surface area contributed by atoms with Crippen LogP contribution in [0.5, 0.6) is 0 Å². The zero-order valence-electron chi connectivity index (χ0n) is 10.4. The molecule has 0 radical (unpaired) electrons. The first-order valence-corrected chi connectivity index (χ1v) is 7.01. The molecule has 1 aromatic carbocycles. The summed E-state index contributed by atoms with van der Waals surface area (Å²) >= 11 is 11.7. The first kappa shape index (κ1) is 13.6. The van der Waals surface area contributed by atoms with E-state index in [9.17, 15) is 9.18 Å². The molecule has 1 aromatic heterocycles. The van der Waals surface area contributed by atoms with Crippen molar-refractivity contribution in [2.75, 3.05) is 0 Å². The third-order valence-corrected chi connectivity index (χ3v) is 3.71. The summed E-state index contributed by atoms with van der Waals surface area (Å²) in [5.74, 6) is 0.475. The summed E-state index contributed by atoms with van der Waals surface area (Å²) in [6.45, 7) is 0.112. The minimum absolute atomic E-state index is 0.112. The number of rotatable bonds is 3. The first-order valence-electron chi connectivity index (χ1n) is 6.26. The Morgan fingerprint density at radius 1 is 1.30 bits per heavy atom. The molecule has 0 amide bonds. The van der Waals surface area contributed by atoms with E-state index in [1.54, 1.807) is 0 Å². The maximum absolute atomic E-state index is 13.8. The lowest BCUT2D eigenvalue weighted by Crippen LogP contribution is -2.25. The molecule has 104 valence electrons. The topological polar surface area (TPSA) is 34.9 Å². The third-order valence-electron chi connectivity index (χ3n) is 3.29. The van der Waals surface area contributed by atoms with Gasteiger partial charge in [0.2, 0.25) is 0 Å². The summed E-state index contributed by atoms with van der Waals surface area (Å²) in [6, 6.07) is 5.54. The molecule has 2 aromatic rings. The van der Waals surface area contributed by atoms with Gasteiger partial charge in [-0.15, -0.1) is 0 Å². The lowest BCUT2D eigenvalue weighted by atomic mass is 10.2. The van der Waals surface area contributed by atoms with E-state index in [2.05, 4.69) is 4.98 Å². The molecule has 1 aliphatic carbocycles. The quantitative estimate of drug-likeness (QED) is 0.811. The standard InChI is InChI=1S/C14H11Cl2FN2O/c15-10-3-4-11(17)9(5-10)7-19-13(20)6-12(16)18-14(19)8-1-2-8/h3-6,8H,1-2,7H2. The SMILES string of the molecule is O=c1cc(Cl)nc(C2CC2)n1Cc1cc(Cl)ccc1F. The summed E-state index contributed by atoms with van der Waals surface area (Å²) < 4.78 is 15.3. The van der Waals surface area contributed by atoms with E-state index in [4.69, 9.17) is 23.2 Å². The van der Waals surface area contributed by atoms with Gasteiger partial charge in [0.15, 0.2) is 0 Å². The number of aromatic nitrogens is 2. The Hall–Kier alpha value is -1.39. The van der Waals surface area contributed by atoms with Gasteiger partial charge in [0, 0.05) is 22.6 Å². The van der Waals surface area contributed by atoms with Gasteiger partial charge in [-0.25, -0.2) is 9.37 Å². The zero-order valence-corrected chi connectivity index (χ0v) is 12.0. The van der Waals surface area contributed by atoms with E-state index in [-0.39, 0.29) is 23.2 Å². The van der Waals surface area contributed by atoms with Crippen molar-refractivity contribution in [3.8, 4) is 0 Å². The van der Waals surface area contributed by atoms with Crippen molar-refractivity contribution in [3.05, 3.63) is 62.0 Å². The minimum Gasteiger partial charge on any atom is -0.292 e.